The van der Waals surface area contributed by atoms with E-state index in [0.717, 1.165) is 27.6 Å². The summed E-state index contributed by atoms with van der Waals surface area (Å²) < 4.78 is 0. The Morgan fingerprint density at radius 1 is 0.926 bits per heavy atom. The first kappa shape index (κ1) is 16.8. The molecule has 0 saturated carbocycles. The van der Waals surface area contributed by atoms with E-state index in [2.05, 4.69) is 41.4 Å². The van der Waals surface area contributed by atoms with Crippen LogP contribution in [0.15, 0.2) is 91.1 Å². The zero-order valence-corrected chi connectivity index (χ0v) is 14.6. The molecule has 1 N–H and O–H groups in total. The maximum absolute atomic E-state index is 11.2. The zero-order valence-electron chi connectivity index (χ0n) is 14.6. The van der Waals surface area contributed by atoms with E-state index in [1.54, 1.807) is 12.1 Å². The summed E-state index contributed by atoms with van der Waals surface area (Å²) in [7, 11) is 0. The van der Waals surface area contributed by atoms with Gasteiger partial charge in [-0.25, -0.2) is 0 Å². The molecule has 0 amide bonds. The number of nitro benzene ring substituents is 1. The van der Waals surface area contributed by atoms with Gasteiger partial charge in [-0.05, 0) is 22.8 Å². The highest BCUT2D eigenvalue weighted by Gasteiger charge is 2.17. The number of aromatic nitrogens is 1. The average molecular weight is 354 g/mol. The first-order valence-electron chi connectivity index (χ1n) is 8.76. The summed E-state index contributed by atoms with van der Waals surface area (Å²) in [6.07, 6.45) is 6.18. The van der Waals surface area contributed by atoms with Crippen LogP contribution < -0.4 is 0 Å². The minimum Gasteiger partial charge on any atom is -0.361 e. The molecule has 3 aromatic carbocycles. The van der Waals surface area contributed by atoms with Gasteiger partial charge in [-0.3, -0.25) is 10.1 Å². The third kappa shape index (κ3) is 3.51. The number of aromatic amines is 1. The molecule has 0 aliphatic carbocycles. The van der Waals surface area contributed by atoms with Gasteiger partial charge in [0.25, 0.3) is 5.69 Å². The van der Waals surface area contributed by atoms with E-state index in [0.29, 0.717) is 0 Å². The Hall–Kier alpha value is -3.66. The third-order valence-electron chi connectivity index (χ3n) is 4.68. The molecule has 0 aliphatic heterocycles. The van der Waals surface area contributed by atoms with E-state index in [1.807, 2.05) is 42.6 Å². The Labute approximate surface area is 156 Å². The monoisotopic (exact) mass is 354 g/mol. The van der Waals surface area contributed by atoms with Crippen molar-refractivity contribution >= 4 is 22.7 Å². The molecule has 4 aromatic rings. The van der Waals surface area contributed by atoms with Crippen LogP contribution in [-0.2, 0) is 0 Å². The predicted octanol–water partition coefficient (Wildman–Crippen LogP) is 5.92. The van der Waals surface area contributed by atoms with Crippen LogP contribution in [0.25, 0.3) is 17.0 Å². The van der Waals surface area contributed by atoms with E-state index in [-0.39, 0.29) is 16.5 Å². The Morgan fingerprint density at radius 3 is 2.33 bits per heavy atom. The lowest BCUT2D eigenvalue weighted by Crippen LogP contribution is -1.97. The molecule has 4 heteroatoms. The highest BCUT2D eigenvalue weighted by atomic mass is 16.6. The lowest BCUT2D eigenvalue weighted by molar-refractivity contribution is -0.384. The van der Waals surface area contributed by atoms with Crippen molar-refractivity contribution in [3.63, 3.8) is 0 Å². The number of benzene rings is 3. The molecule has 4 rings (SSSR count). The van der Waals surface area contributed by atoms with E-state index in [4.69, 9.17) is 0 Å². The number of non-ortho nitro benzene ring substituents is 1. The highest BCUT2D eigenvalue weighted by molar-refractivity contribution is 5.86. The fraction of sp³-hybridized carbons (Fsp3) is 0.0435. The Bertz CT molecular complexity index is 1100. The summed E-state index contributed by atoms with van der Waals surface area (Å²) in [5.41, 5.74) is 4.26. The second kappa shape index (κ2) is 7.30. The van der Waals surface area contributed by atoms with Crippen molar-refractivity contribution in [2.75, 3.05) is 0 Å². The van der Waals surface area contributed by atoms with Crippen LogP contribution in [0.5, 0.6) is 0 Å². The SMILES string of the molecule is O=[N+]([O-])c1ccc2[nH]cc([C@H](/C=C/c3ccccc3)c3ccccc3)c2c1. The molecule has 4 nitrogen and oxygen atoms in total. The molecule has 1 heterocycles. The molecule has 0 unspecified atom stereocenters. The van der Waals surface area contributed by atoms with Crippen LogP contribution in [0.1, 0.15) is 22.6 Å². The maximum atomic E-state index is 11.2. The fourth-order valence-electron chi connectivity index (χ4n) is 3.33. The van der Waals surface area contributed by atoms with Crippen molar-refractivity contribution < 1.29 is 4.92 Å². The lowest BCUT2D eigenvalue weighted by Gasteiger charge is -2.13. The largest absolute Gasteiger partial charge is 0.361 e. The molecular formula is C23H18N2O2. The number of H-pyrrole nitrogens is 1. The van der Waals surface area contributed by atoms with Gasteiger partial charge in [-0.1, -0.05) is 72.8 Å². The molecule has 27 heavy (non-hydrogen) atoms. The van der Waals surface area contributed by atoms with Gasteiger partial charge in [-0.15, -0.1) is 0 Å². The average Bonchev–Trinajstić information content (AvgIpc) is 3.13. The molecule has 0 aliphatic rings. The van der Waals surface area contributed by atoms with Crippen LogP contribution in [-0.4, -0.2) is 9.91 Å². The minimum absolute atomic E-state index is 0.0119. The number of rotatable bonds is 5. The van der Waals surface area contributed by atoms with Gasteiger partial charge in [0.1, 0.15) is 0 Å². The van der Waals surface area contributed by atoms with Crippen molar-refractivity contribution in [2.45, 2.75) is 5.92 Å². The second-order valence-corrected chi connectivity index (χ2v) is 6.39. The fourth-order valence-corrected chi connectivity index (χ4v) is 3.33. The predicted molar refractivity (Wildman–Crippen MR) is 109 cm³/mol. The summed E-state index contributed by atoms with van der Waals surface area (Å²) >= 11 is 0. The van der Waals surface area contributed by atoms with Gasteiger partial charge < -0.3 is 4.98 Å². The normalized spacial score (nSPS) is 12.4. The lowest BCUT2D eigenvalue weighted by atomic mass is 9.90. The quantitative estimate of drug-likeness (QED) is 0.357. The molecule has 1 atom stereocenters. The van der Waals surface area contributed by atoms with E-state index < -0.39 is 0 Å². The van der Waals surface area contributed by atoms with Crippen molar-refractivity contribution in [1.82, 2.24) is 4.98 Å². The molecule has 0 fully saturated rings. The minimum atomic E-state index is -0.354. The van der Waals surface area contributed by atoms with Gasteiger partial charge in [-0.2, -0.15) is 0 Å². The standard InChI is InChI=1S/C23H18N2O2/c26-25(27)19-12-14-23-21(15-19)22(16-24-23)20(18-9-5-2-6-10-18)13-11-17-7-3-1-4-8-17/h1-16,20,24H/b13-11+/t20-/m1/s1. The van der Waals surface area contributed by atoms with Crippen LogP contribution in [0.3, 0.4) is 0 Å². The molecular weight excluding hydrogens is 336 g/mol. The summed E-state index contributed by atoms with van der Waals surface area (Å²) in [4.78, 5) is 14.1. The zero-order chi connectivity index (χ0) is 18.6. The van der Waals surface area contributed by atoms with E-state index in [1.165, 1.54) is 6.07 Å². The third-order valence-corrected chi connectivity index (χ3v) is 4.68. The first-order chi connectivity index (χ1) is 13.2. The number of hydrogen-bond donors (Lipinski definition) is 1. The van der Waals surface area contributed by atoms with Gasteiger partial charge in [0.05, 0.1) is 4.92 Å². The van der Waals surface area contributed by atoms with Gasteiger partial charge >= 0.3 is 0 Å². The maximum Gasteiger partial charge on any atom is 0.270 e. The van der Waals surface area contributed by atoms with Gasteiger partial charge in [0, 0.05) is 35.2 Å². The van der Waals surface area contributed by atoms with E-state index >= 15 is 0 Å². The Balaban J connectivity index is 1.84. The highest BCUT2D eigenvalue weighted by Crippen LogP contribution is 2.34. The Morgan fingerprint density at radius 2 is 1.63 bits per heavy atom. The number of fused-ring (bicyclic) bond motifs is 1. The number of allylic oxidation sites excluding steroid dienone is 1. The number of hydrogen-bond acceptors (Lipinski definition) is 2. The number of nitro groups is 1. The van der Waals surface area contributed by atoms with Crippen molar-refractivity contribution in [1.29, 1.82) is 0 Å². The summed E-state index contributed by atoms with van der Waals surface area (Å²) in [5, 5.41) is 12.1. The van der Waals surface area contributed by atoms with Crippen LogP contribution in [0, 0.1) is 10.1 Å². The van der Waals surface area contributed by atoms with Gasteiger partial charge in [0.2, 0.25) is 0 Å². The smallest absolute Gasteiger partial charge is 0.270 e. The van der Waals surface area contributed by atoms with E-state index in [9.17, 15) is 10.1 Å². The first-order valence-corrected chi connectivity index (χ1v) is 8.76. The number of nitrogens with one attached hydrogen (secondary N) is 1. The van der Waals surface area contributed by atoms with Crippen molar-refractivity contribution in [3.05, 3.63) is 118 Å². The molecule has 0 radical (unpaired) electrons. The number of nitrogens with zero attached hydrogens (tertiary/aromatic N) is 1. The molecule has 0 saturated heterocycles. The molecule has 1 aromatic heterocycles. The summed E-state index contributed by atoms with van der Waals surface area (Å²) in [6.45, 7) is 0. The van der Waals surface area contributed by atoms with Crippen LogP contribution in [0.4, 0.5) is 5.69 Å². The molecule has 0 bridgehead atoms. The van der Waals surface area contributed by atoms with Crippen molar-refractivity contribution in [2.24, 2.45) is 0 Å². The summed E-state index contributed by atoms with van der Waals surface area (Å²) in [6, 6.07) is 25.2. The van der Waals surface area contributed by atoms with Crippen molar-refractivity contribution in [3.8, 4) is 0 Å². The topological polar surface area (TPSA) is 58.9 Å². The molecule has 0 spiro atoms. The summed E-state index contributed by atoms with van der Waals surface area (Å²) in [5.74, 6) is -0.0119. The molecule has 132 valence electrons. The van der Waals surface area contributed by atoms with Crippen LogP contribution >= 0.6 is 0 Å². The van der Waals surface area contributed by atoms with Gasteiger partial charge in [0.15, 0.2) is 0 Å². The second-order valence-electron chi connectivity index (χ2n) is 6.39. The van der Waals surface area contributed by atoms with Crippen LogP contribution in [0.2, 0.25) is 0 Å². The Kier molecular flexibility index (Phi) is 4.54.